The second-order valence-corrected chi connectivity index (χ2v) is 7.03. The van der Waals surface area contributed by atoms with Gasteiger partial charge in [-0.25, -0.2) is 9.78 Å². The molecule has 0 saturated heterocycles. The molecular weight excluding hydrogens is 390 g/mol. The first kappa shape index (κ1) is 18.3. The molecule has 0 spiro atoms. The van der Waals surface area contributed by atoms with E-state index in [1.54, 1.807) is 17.6 Å². The number of amides is 2. The summed E-state index contributed by atoms with van der Waals surface area (Å²) >= 11 is 0. The van der Waals surface area contributed by atoms with Crippen LogP contribution in [0.1, 0.15) is 6.42 Å². The van der Waals surface area contributed by atoms with E-state index in [1.165, 1.54) is 6.20 Å². The molecule has 2 amide bonds. The van der Waals surface area contributed by atoms with E-state index < -0.39 is 12.1 Å². The van der Waals surface area contributed by atoms with Gasteiger partial charge in [0.1, 0.15) is 30.5 Å². The number of rotatable bonds is 5. The average molecular weight is 411 g/mol. The number of aromatic nitrogens is 3. The Labute approximate surface area is 171 Å². The molecule has 11 heteroatoms. The van der Waals surface area contributed by atoms with Crippen molar-refractivity contribution in [2.24, 2.45) is 0 Å². The topological polar surface area (TPSA) is 134 Å². The lowest BCUT2D eigenvalue weighted by Crippen LogP contribution is -2.32. The van der Waals surface area contributed by atoms with Gasteiger partial charge in [0.25, 0.3) is 0 Å². The third-order valence-corrected chi connectivity index (χ3v) is 4.88. The van der Waals surface area contributed by atoms with E-state index in [0.717, 1.165) is 5.69 Å². The number of urea groups is 1. The van der Waals surface area contributed by atoms with E-state index in [1.807, 2.05) is 18.2 Å². The van der Waals surface area contributed by atoms with E-state index in [-0.39, 0.29) is 6.04 Å². The molecule has 2 unspecified atom stereocenters. The van der Waals surface area contributed by atoms with Crippen molar-refractivity contribution in [3.63, 3.8) is 0 Å². The highest BCUT2D eigenvalue weighted by molar-refractivity contribution is 5.93. The van der Waals surface area contributed by atoms with Crippen molar-refractivity contribution >= 4 is 34.7 Å². The Bertz CT molecular complexity index is 1120. The second kappa shape index (κ2) is 7.26. The first-order chi connectivity index (χ1) is 14.6. The summed E-state index contributed by atoms with van der Waals surface area (Å²) in [7, 11) is 1.77. The Balaban J connectivity index is 1.45. The van der Waals surface area contributed by atoms with Gasteiger partial charge in [-0.1, -0.05) is 6.07 Å². The van der Waals surface area contributed by atoms with E-state index in [2.05, 4.69) is 31.3 Å². The van der Waals surface area contributed by atoms with Crippen molar-refractivity contribution in [2.75, 3.05) is 36.2 Å². The first-order valence-corrected chi connectivity index (χ1v) is 9.60. The Morgan fingerprint density at radius 3 is 2.90 bits per heavy atom. The predicted molar refractivity (Wildman–Crippen MR) is 110 cm³/mol. The van der Waals surface area contributed by atoms with Crippen molar-refractivity contribution in [3.8, 4) is 11.5 Å². The van der Waals surface area contributed by atoms with Crippen molar-refractivity contribution in [3.05, 3.63) is 30.5 Å². The molecule has 1 fully saturated rings. The van der Waals surface area contributed by atoms with Gasteiger partial charge < -0.3 is 35.8 Å². The van der Waals surface area contributed by atoms with Gasteiger partial charge in [-0.05, 0) is 18.6 Å². The Morgan fingerprint density at radius 2 is 2.10 bits per heavy atom. The number of aliphatic hydroxyl groups excluding tert-OH is 1. The smallest absolute Gasteiger partial charge is 0.319 e. The highest BCUT2D eigenvalue weighted by Gasteiger charge is 2.36. The molecule has 11 nitrogen and oxygen atoms in total. The minimum Gasteiger partial charge on any atom is -0.486 e. The molecule has 1 saturated carbocycles. The fourth-order valence-corrected chi connectivity index (χ4v) is 3.27. The number of benzene rings is 1. The lowest BCUT2D eigenvalue weighted by atomic mass is 10.2. The second-order valence-electron chi connectivity index (χ2n) is 7.03. The Kier molecular flexibility index (Phi) is 4.43. The van der Waals surface area contributed by atoms with Crippen molar-refractivity contribution in [1.82, 2.24) is 19.9 Å². The molecule has 1 aliphatic heterocycles. The van der Waals surface area contributed by atoms with Crippen LogP contribution in [-0.4, -0.2) is 58.1 Å². The van der Waals surface area contributed by atoms with Crippen LogP contribution in [0.15, 0.2) is 30.5 Å². The summed E-state index contributed by atoms with van der Waals surface area (Å²) in [5, 5.41) is 25.5. The van der Waals surface area contributed by atoms with Crippen LogP contribution in [0.5, 0.6) is 11.5 Å². The van der Waals surface area contributed by atoms with E-state index in [0.29, 0.717) is 54.1 Å². The zero-order chi connectivity index (χ0) is 20.7. The molecular formula is C19H21N7O4. The molecule has 2 aromatic heterocycles. The highest BCUT2D eigenvalue weighted by atomic mass is 16.6. The number of ether oxygens (including phenoxy) is 2. The maximum absolute atomic E-state index is 12.2. The van der Waals surface area contributed by atoms with Crippen LogP contribution in [-0.2, 0) is 0 Å². The normalized spacial score (nSPS) is 19.3. The number of carbonyl (C=O) groups is 1. The number of anilines is 4. The van der Waals surface area contributed by atoms with Gasteiger partial charge in [0.05, 0.1) is 24.0 Å². The summed E-state index contributed by atoms with van der Waals surface area (Å²) in [6.45, 7) is 0.983. The molecule has 1 aromatic carbocycles. The summed E-state index contributed by atoms with van der Waals surface area (Å²) < 4.78 is 13.0. The summed E-state index contributed by atoms with van der Waals surface area (Å²) in [4.78, 5) is 16.8. The van der Waals surface area contributed by atoms with Crippen LogP contribution >= 0.6 is 0 Å². The maximum Gasteiger partial charge on any atom is 0.319 e. The molecule has 5 N–H and O–H groups in total. The predicted octanol–water partition coefficient (Wildman–Crippen LogP) is 1.54. The Morgan fingerprint density at radius 1 is 1.27 bits per heavy atom. The van der Waals surface area contributed by atoms with Crippen molar-refractivity contribution in [2.45, 2.75) is 18.6 Å². The minimum atomic E-state index is -0.479. The molecule has 0 radical (unpaired) electrons. The van der Waals surface area contributed by atoms with Crippen LogP contribution in [0.2, 0.25) is 0 Å². The van der Waals surface area contributed by atoms with Gasteiger partial charge in [0, 0.05) is 13.1 Å². The molecule has 3 heterocycles. The minimum absolute atomic E-state index is 0.212. The van der Waals surface area contributed by atoms with Crippen LogP contribution in [0.4, 0.5) is 27.8 Å². The SMILES string of the molecule is CNc1cc(Nc2cccc3c2OCCO3)nc2c(NC(=O)NC3CC3O)cnn12. The van der Waals surface area contributed by atoms with Gasteiger partial charge in [-0.2, -0.15) is 9.61 Å². The summed E-state index contributed by atoms with van der Waals surface area (Å²) in [6, 6.07) is 6.77. The standard InChI is InChI=1S/C19H21N7O4/c1-20-16-8-15(22-10-3-2-4-14-17(10)30-6-5-29-14)25-18-12(9-21-26(16)18)24-19(28)23-11-7-13(11)27/h2-4,8-9,11,13,20,27H,5-7H2,1H3,(H,22,25)(H2,23,24,28). The van der Waals surface area contributed by atoms with Gasteiger partial charge >= 0.3 is 6.03 Å². The first-order valence-electron chi connectivity index (χ1n) is 9.60. The molecule has 30 heavy (non-hydrogen) atoms. The lowest BCUT2D eigenvalue weighted by Gasteiger charge is -2.21. The Hall–Kier alpha value is -3.73. The van der Waals surface area contributed by atoms with Gasteiger partial charge in [-0.3, -0.25) is 0 Å². The van der Waals surface area contributed by atoms with E-state index >= 15 is 0 Å². The van der Waals surface area contributed by atoms with Crippen LogP contribution in [0.25, 0.3) is 5.65 Å². The number of carbonyl (C=O) groups excluding carboxylic acids is 1. The third kappa shape index (κ3) is 3.39. The zero-order valence-electron chi connectivity index (χ0n) is 16.2. The third-order valence-electron chi connectivity index (χ3n) is 4.88. The summed E-state index contributed by atoms with van der Waals surface area (Å²) in [5.41, 5.74) is 1.62. The molecule has 0 bridgehead atoms. The summed E-state index contributed by atoms with van der Waals surface area (Å²) in [6.07, 6.45) is 1.61. The van der Waals surface area contributed by atoms with E-state index in [9.17, 15) is 9.90 Å². The zero-order valence-corrected chi connectivity index (χ0v) is 16.2. The number of para-hydroxylation sites is 1. The molecule has 2 atom stereocenters. The van der Waals surface area contributed by atoms with Gasteiger partial charge in [0.15, 0.2) is 17.1 Å². The van der Waals surface area contributed by atoms with Gasteiger partial charge in [0.2, 0.25) is 0 Å². The fraction of sp³-hybridized carbons (Fsp3) is 0.316. The number of hydrogen-bond acceptors (Lipinski definition) is 8. The van der Waals surface area contributed by atoms with Crippen LogP contribution in [0, 0.1) is 0 Å². The molecule has 1 aliphatic carbocycles. The van der Waals surface area contributed by atoms with Crippen molar-refractivity contribution < 1.29 is 19.4 Å². The van der Waals surface area contributed by atoms with E-state index in [4.69, 9.17) is 9.47 Å². The number of fused-ring (bicyclic) bond motifs is 2. The number of hydrogen-bond donors (Lipinski definition) is 5. The van der Waals surface area contributed by atoms with Crippen LogP contribution < -0.4 is 30.7 Å². The highest BCUT2D eigenvalue weighted by Crippen LogP contribution is 2.38. The molecule has 3 aromatic rings. The largest absolute Gasteiger partial charge is 0.486 e. The van der Waals surface area contributed by atoms with Crippen molar-refractivity contribution in [1.29, 1.82) is 0 Å². The quantitative estimate of drug-likeness (QED) is 0.427. The fourth-order valence-electron chi connectivity index (χ4n) is 3.27. The number of nitrogens with one attached hydrogen (secondary N) is 4. The average Bonchev–Trinajstić information content (AvgIpc) is 3.29. The monoisotopic (exact) mass is 411 g/mol. The maximum atomic E-state index is 12.2. The number of nitrogens with zero attached hydrogens (tertiary/aromatic N) is 3. The molecule has 2 aliphatic rings. The van der Waals surface area contributed by atoms with Gasteiger partial charge in [-0.15, -0.1) is 0 Å². The molecule has 156 valence electrons. The molecule has 5 rings (SSSR count). The summed E-state index contributed by atoms with van der Waals surface area (Å²) in [5.74, 6) is 2.52. The lowest BCUT2D eigenvalue weighted by molar-refractivity contribution is 0.172. The number of aliphatic hydroxyl groups is 1. The van der Waals surface area contributed by atoms with Crippen LogP contribution in [0.3, 0.4) is 0 Å².